The molecule has 1 amide bonds. The quantitative estimate of drug-likeness (QED) is 0.908. The van der Waals surface area contributed by atoms with E-state index in [0.717, 1.165) is 17.0 Å². The number of nitrogens with zero attached hydrogens (tertiary/aromatic N) is 1. The first-order valence-electron chi connectivity index (χ1n) is 5.92. The Morgan fingerprint density at radius 1 is 1.44 bits per heavy atom. The summed E-state index contributed by atoms with van der Waals surface area (Å²) in [5, 5.41) is 8.66. The van der Waals surface area contributed by atoms with E-state index in [-0.39, 0.29) is 24.1 Å². The van der Waals surface area contributed by atoms with Crippen molar-refractivity contribution >= 4 is 29.3 Å². The van der Waals surface area contributed by atoms with E-state index in [1.54, 1.807) is 16.7 Å². The van der Waals surface area contributed by atoms with Gasteiger partial charge >= 0.3 is 5.97 Å². The minimum Gasteiger partial charge on any atom is -0.481 e. The number of anilines is 1. The minimum absolute atomic E-state index is 0.0162. The molecule has 5 heteroatoms. The summed E-state index contributed by atoms with van der Waals surface area (Å²) in [5.41, 5.74) is 0.832. The molecule has 0 saturated carbocycles. The highest BCUT2D eigenvalue weighted by molar-refractivity contribution is 8.01. The molecule has 0 aliphatic carbocycles. The van der Waals surface area contributed by atoms with Crippen LogP contribution in [0.15, 0.2) is 29.2 Å². The molecule has 4 nitrogen and oxygen atoms in total. The molecule has 0 bridgehead atoms. The highest BCUT2D eigenvalue weighted by atomic mass is 32.2. The Hall–Kier alpha value is -1.49. The molecule has 0 saturated heterocycles. The van der Waals surface area contributed by atoms with Gasteiger partial charge in [0.15, 0.2) is 0 Å². The fourth-order valence-corrected chi connectivity index (χ4v) is 3.13. The van der Waals surface area contributed by atoms with Crippen LogP contribution in [0, 0.1) is 0 Å². The summed E-state index contributed by atoms with van der Waals surface area (Å²) in [5.74, 6) is -0.867. The second kappa shape index (κ2) is 5.44. The zero-order valence-corrected chi connectivity index (χ0v) is 10.9. The number of hydrogen-bond donors (Lipinski definition) is 1. The Morgan fingerprint density at radius 2 is 2.17 bits per heavy atom. The van der Waals surface area contributed by atoms with Crippen molar-refractivity contribution in [2.75, 3.05) is 11.4 Å². The lowest BCUT2D eigenvalue weighted by molar-refractivity contribution is -0.136. The molecule has 1 aliphatic heterocycles. The molecule has 1 unspecified atom stereocenters. The third kappa shape index (κ3) is 2.51. The monoisotopic (exact) mass is 265 g/mol. The Labute approximate surface area is 110 Å². The number of carbonyl (C=O) groups is 2. The summed E-state index contributed by atoms with van der Waals surface area (Å²) in [4.78, 5) is 25.6. The molecule has 1 N–H and O–H groups in total. The molecule has 18 heavy (non-hydrogen) atoms. The third-order valence-corrected chi connectivity index (χ3v) is 4.31. The standard InChI is InChI=1S/C13H15NO3S/c1-2-10-13(17)14(8-7-12(15)16)9-5-3-4-6-11(9)18-10/h3-6,10H,2,7-8H2,1H3,(H,15,16). The van der Waals surface area contributed by atoms with E-state index in [4.69, 9.17) is 5.11 Å². The molecule has 0 radical (unpaired) electrons. The largest absolute Gasteiger partial charge is 0.481 e. The highest BCUT2D eigenvalue weighted by Crippen LogP contribution is 2.39. The number of carbonyl (C=O) groups excluding carboxylic acids is 1. The van der Waals surface area contributed by atoms with Crippen molar-refractivity contribution in [3.05, 3.63) is 24.3 Å². The number of hydrogen-bond acceptors (Lipinski definition) is 3. The van der Waals surface area contributed by atoms with Gasteiger partial charge in [-0.2, -0.15) is 0 Å². The lowest BCUT2D eigenvalue weighted by atomic mass is 10.2. The van der Waals surface area contributed by atoms with E-state index in [0.29, 0.717) is 0 Å². The van der Waals surface area contributed by atoms with Gasteiger partial charge in [-0.1, -0.05) is 19.1 Å². The summed E-state index contributed by atoms with van der Waals surface area (Å²) in [7, 11) is 0. The fraction of sp³-hybridized carbons (Fsp3) is 0.385. The van der Waals surface area contributed by atoms with E-state index in [2.05, 4.69) is 0 Å². The summed E-state index contributed by atoms with van der Waals surface area (Å²) >= 11 is 1.56. The van der Waals surface area contributed by atoms with Crippen molar-refractivity contribution in [2.45, 2.75) is 29.9 Å². The number of carboxylic acid groups (broad SMARTS) is 1. The molecule has 0 fully saturated rings. The van der Waals surface area contributed by atoms with Crippen LogP contribution in [0.1, 0.15) is 19.8 Å². The van der Waals surface area contributed by atoms with Gasteiger partial charge in [-0.15, -0.1) is 11.8 Å². The van der Waals surface area contributed by atoms with Gasteiger partial charge in [-0.05, 0) is 18.6 Å². The predicted molar refractivity (Wildman–Crippen MR) is 71.0 cm³/mol. The van der Waals surface area contributed by atoms with Crippen LogP contribution in [0.5, 0.6) is 0 Å². The Balaban J connectivity index is 2.29. The average Bonchev–Trinajstić information content (AvgIpc) is 2.36. The van der Waals surface area contributed by atoms with Gasteiger partial charge in [0.2, 0.25) is 5.91 Å². The van der Waals surface area contributed by atoms with Crippen LogP contribution < -0.4 is 4.90 Å². The van der Waals surface area contributed by atoms with Crippen molar-refractivity contribution in [3.8, 4) is 0 Å². The summed E-state index contributed by atoms with van der Waals surface area (Å²) in [6, 6.07) is 7.65. The second-order valence-electron chi connectivity index (χ2n) is 4.12. The van der Waals surface area contributed by atoms with Gasteiger partial charge in [-0.3, -0.25) is 9.59 Å². The van der Waals surface area contributed by atoms with E-state index < -0.39 is 5.97 Å². The van der Waals surface area contributed by atoms with E-state index in [1.165, 1.54) is 0 Å². The lowest BCUT2D eigenvalue weighted by Crippen LogP contribution is -2.41. The summed E-state index contributed by atoms with van der Waals surface area (Å²) < 4.78 is 0. The number of fused-ring (bicyclic) bond motifs is 1. The molecule has 96 valence electrons. The Bertz CT molecular complexity index is 475. The molecule has 1 aromatic carbocycles. The maximum Gasteiger partial charge on any atom is 0.305 e. The molecule has 0 aromatic heterocycles. The molecule has 2 rings (SSSR count). The minimum atomic E-state index is -0.883. The van der Waals surface area contributed by atoms with E-state index in [1.807, 2.05) is 31.2 Å². The number of rotatable bonds is 4. The molecule has 0 spiro atoms. The zero-order valence-electron chi connectivity index (χ0n) is 10.1. The maximum atomic E-state index is 12.2. The van der Waals surface area contributed by atoms with Crippen LogP contribution in [-0.2, 0) is 9.59 Å². The smallest absolute Gasteiger partial charge is 0.305 e. The number of para-hydroxylation sites is 1. The molecule has 1 heterocycles. The summed E-state index contributed by atoms with van der Waals surface area (Å²) in [6.07, 6.45) is 0.725. The Kier molecular flexibility index (Phi) is 3.91. The number of benzene rings is 1. The first kappa shape index (κ1) is 13.0. The predicted octanol–water partition coefficient (Wildman–Crippen LogP) is 2.38. The molecule has 1 aromatic rings. The summed E-state index contributed by atoms with van der Waals surface area (Å²) in [6.45, 7) is 2.21. The van der Waals surface area contributed by atoms with Crippen molar-refractivity contribution in [2.24, 2.45) is 0 Å². The van der Waals surface area contributed by atoms with Crippen LogP contribution in [0.25, 0.3) is 0 Å². The van der Waals surface area contributed by atoms with Crippen LogP contribution in [0.4, 0.5) is 5.69 Å². The van der Waals surface area contributed by atoms with Crippen LogP contribution >= 0.6 is 11.8 Å². The SMILES string of the molecule is CCC1Sc2ccccc2N(CCC(=O)O)C1=O. The maximum absolute atomic E-state index is 12.2. The van der Waals surface area contributed by atoms with Crippen molar-refractivity contribution in [1.29, 1.82) is 0 Å². The van der Waals surface area contributed by atoms with Gasteiger partial charge < -0.3 is 10.0 Å². The zero-order chi connectivity index (χ0) is 13.1. The van der Waals surface area contributed by atoms with E-state index >= 15 is 0 Å². The lowest BCUT2D eigenvalue weighted by Gasteiger charge is -2.33. The Morgan fingerprint density at radius 3 is 2.83 bits per heavy atom. The molecule has 1 aliphatic rings. The van der Waals surface area contributed by atoms with Crippen molar-refractivity contribution in [1.82, 2.24) is 0 Å². The van der Waals surface area contributed by atoms with Crippen LogP contribution in [-0.4, -0.2) is 28.8 Å². The van der Waals surface area contributed by atoms with Gasteiger partial charge in [-0.25, -0.2) is 0 Å². The fourth-order valence-electron chi connectivity index (χ4n) is 1.97. The van der Waals surface area contributed by atoms with E-state index in [9.17, 15) is 9.59 Å². The molecule has 1 atom stereocenters. The first-order chi connectivity index (χ1) is 8.63. The normalized spacial score (nSPS) is 18.6. The topological polar surface area (TPSA) is 57.6 Å². The van der Waals surface area contributed by atoms with Crippen molar-refractivity contribution in [3.63, 3.8) is 0 Å². The number of amides is 1. The van der Waals surface area contributed by atoms with Gasteiger partial charge in [0.1, 0.15) is 0 Å². The van der Waals surface area contributed by atoms with Gasteiger partial charge in [0, 0.05) is 11.4 Å². The highest BCUT2D eigenvalue weighted by Gasteiger charge is 2.32. The number of carboxylic acids is 1. The second-order valence-corrected chi connectivity index (χ2v) is 5.36. The molecular weight excluding hydrogens is 250 g/mol. The number of aliphatic carboxylic acids is 1. The van der Waals surface area contributed by atoms with Crippen LogP contribution in [0.3, 0.4) is 0 Å². The van der Waals surface area contributed by atoms with Gasteiger partial charge in [0.05, 0.1) is 17.4 Å². The average molecular weight is 265 g/mol. The molecular formula is C13H15NO3S. The number of thioether (sulfide) groups is 1. The van der Waals surface area contributed by atoms with Gasteiger partial charge in [0.25, 0.3) is 0 Å². The first-order valence-corrected chi connectivity index (χ1v) is 6.80. The van der Waals surface area contributed by atoms with Crippen molar-refractivity contribution < 1.29 is 14.7 Å². The third-order valence-electron chi connectivity index (χ3n) is 2.89. The van der Waals surface area contributed by atoms with Crippen LogP contribution in [0.2, 0.25) is 0 Å².